The number of likely N-dealkylation sites (N-methyl/N-ethyl adjacent to an activating group) is 1. The Morgan fingerprint density at radius 3 is 2.42 bits per heavy atom. The average molecular weight is 387 g/mol. The van der Waals surface area contributed by atoms with Gasteiger partial charge < -0.3 is 5.32 Å². The standard InChI is InChI=1S/C15H14Br2FN/c1-19-15(10-2-4-12(16)5-3-10)9-11-8-13(18)6-7-14(11)17/h2-8,15,19H,9H2,1H3. The topological polar surface area (TPSA) is 12.0 Å². The molecule has 0 fully saturated rings. The Morgan fingerprint density at radius 2 is 1.79 bits per heavy atom. The van der Waals surface area contributed by atoms with Crippen LogP contribution in [0.15, 0.2) is 51.4 Å². The SMILES string of the molecule is CNC(Cc1cc(F)ccc1Br)c1ccc(Br)cc1. The summed E-state index contributed by atoms with van der Waals surface area (Å²) in [6.07, 6.45) is 0.733. The second-order valence-corrected chi connectivity index (χ2v) is 6.10. The lowest BCUT2D eigenvalue weighted by Crippen LogP contribution is -2.19. The third-order valence-electron chi connectivity index (χ3n) is 3.05. The van der Waals surface area contributed by atoms with Crippen LogP contribution in [0.2, 0.25) is 0 Å². The van der Waals surface area contributed by atoms with Crippen molar-refractivity contribution in [2.24, 2.45) is 0 Å². The number of hydrogen-bond donors (Lipinski definition) is 1. The fourth-order valence-corrected chi connectivity index (χ4v) is 2.67. The summed E-state index contributed by atoms with van der Waals surface area (Å²) in [5.74, 6) is -0.205. The highest BCUT2D eigenvalue weighted by Crippen LogP contribution is 2.25. The quantitative estimate of drug-likeness (QED) is 0.791. The first-order chi connectivity index (χ1) is 9.10. The Morgan fingerprint density at radius 1 is 1.11 bits per heavy atom. The molecule has 4 heteroatoms. The molecule has 0 aromatic heterocycles. The molecule has 0 saturated carbocycles. The number of nitrogens with one attached hydrogen (secondary N) is 1. The molecule has 0 bridgehead atoms. The maximum Gasteiger partial charge on any atom is 0.123 e. The highest BCUT2D eigenvalue weighted by atomic mass is 79.9. The molecule has 1 unspecified atom stereocenters. The zero-order valence-corrected chi connectivity index (χ0v) is 13.6. The van der Waals surface area contributed by atoms with Gasteiger partial charge in [-0.25, -0.2) is 4.39 Å². The highest BCUT2D eigenvalue weighted by molar-refractivity contribution is 9.10. The third-order valence-corrected chi connectivity index (χ3v) is 4.35. The van der Waals surface area contributed by atoms with Crippen molar-refractivity contribution in [1.82, 2.24) is 5.32 Å². The second-order valence-electron chi connectivity index (χ2n) is 4.33. The largest absolute Gasteiger partial charge is 0.313 e. The summed E-state index contributed by atoms with van der Waals surface area (Å²) in [6, 6.07) is 13.1. The Kier molecular flexibility index (Phi) is 5.13. The van der Waals surface area contributed by atoms with Crippen LogP contribution in [0.3, 0.4) is 0 Å². The van der Waals surface area contributed by atoms with E-state index >= 15 is 0 Å². The number of hydrogen-bond acceptors (Lipinski definition) is 1. The smallest absolute Gasteiger partial charge is 0.123 e. The van der Waals surface area contributed by atoms with E-state index < -0.39 is 0 Å². The predicted octanol–water partition coefficient (Wildman–Crippen LogP) is 4.85. The van der Waals surface area contributed by atoms with Crippen LogP contribution in [0.25, 0.3) is 0 Å². The zero-order chi connectivity index (χ0) is 13.8. The second kappa shape index (κ2) is 6.64. The maximum absolute atomic E-state index is 13.3. The van der Waals surface area contributed by atoms with E-state index in [2.05, 4.69) is 49.3 Å². The molecule has 0 saturated heterocycles. The molecule has 0 aliphatic heterocycles. The normalized spacial score (nSPS) is 12.4. The van der Waals surface area contributed by atoms with Gasteiger partial charge in [0.2, 0.25) is 0 Å². The minimum atomic E-state index is -0.205. The summed E-state index contributed by atoms with van der Waals surface area (Å²) in [7, 11) is 1.92. The van der Waals surface area contributed by atoms with E-state index in [0.717, 1.165) is 20.9 Å². The van der Waals surface area contributed by atoms with Gasteiger partial charge >= 0.3 is 0 Å². The van der Waals surface area contributed by atoms with Crippen LogP contribution in [0.5, 0.6) is 0 Å². The van der Waals surface area contributed by atoms with Gasteiger partial charge in [0.25, 0.3) is 0 Å². The molecule has 1 atom stereocenters. The first-order valence-corrected chi connectivity index (χ1v) is 7.55. The van der Waals surface area contributed by atoms with Crippen LogP contribution < -0.4 is 5.32 Å². The lowest BCUT2D eigenvalue weighted by Gasteiger charge is -2.18. The van der Waals surface area contributed by atoms with Crippen LogP contribution in [0, 0.1) is 5.82 Å². The van der Waals surface area contributed by atoms with E-state index in [-0.39, 0.29) is 11.9 Å². The molecular formula is C15H14Br2FN. The minimum Gasteiger partial charge on any atom is -0.313 e. The number of halogens is 3. The molecule has 0 aliphatic rings. The van der Waals surface area contributed by atoms with Crippen molar-refractivity contribution >= 4 is 31.9 Å². The van der Waals surface area contributed by atoms with E-state index in [0.29, 0.717) is 0 Å². The van der Waals surface area contributed by atoms with Gasteiger partial charge in [-0.1, -0.05) is 44.0 Å². The Labute approximate surface area is 129 Å². The molecular weight excluding hydrogens is 373 g/mol. The van der Waals surface area contributed by atoms with Gasteiger partial charge in [-0.05, 0) is 54.9 Å². The first-order valence-electron chi connectivity index (χ1n) is 5.97. The molecule has 0 radical (unpaired) electrons. The van der Waals surface area contributed by atoms with Crippen molar-refractivity contribution in [2.45, 2.75) is 12.5 Å². The van der Waals surface area contributed by atoms with Crippen molar-refractivity contribution in [3.05, 3.63) is 68.4 Å². The van der Waals surface area contributed by atoms with Gasteiger partial charge in [0.15, 0.2) is 0 Å². The molecule has 0 amide bonds. The molecule has 0 aliphatic carbocycles. The van der Waals surface area contributed by atoms with E-state index in [1.165, 1.54) is 11.6 Å². The van der Waals surface area contributed by atoms with Crippen molar-refractivity contribution in [2.75, 3.05) is 7.05 Å². The number of rotatable bonds is 4. The first kappa shape index (κ1) is 14.7. The molecule has 2 rings (SSSR count). The summed E-state index contributed by atoms with van der Waals surface area (Å²) < 4.78 is 15.3. The summed E-state index contributed by atoms with van der Waals surface area (Å²) in [6.45, 7) is 0. The molecule has 0 spiro atoms. The fourth-order valence-electron chi connectivity index (χ4n) is 2.00. The Balaban J connectivity index is 2.23. The van der Waals surface area contributed by atoms with Gasteiger partial charge in [-0.2, -0.15) is 0 Å². The van der Waals surface area contributed by atoms with Crippen LogP contribution >= 0.6 is 31.9 Å². The predicted molar refractivity (Wildman–Crippen MR) is 83.7 cm³/mol. The van der Waals surface area contributed by atoms with Crippen molar-refractivity contribution in [1.29, 1.82) is 0 Å². The maximum atomic E-state index is 13.3. The Hall–Kier alpha value is -0.710. The fraction of sp³-hybridized carbons (Fsp3) is 0.200. The van der Waals surface area contributed by atoms with Gasteiger partial charge in [-0.3, -0.25) is 0 Å². The Bertz CT molecular complexity index is 555. The van der Waals surface area contributed by atoms with Crippen molar-refractivity contribution in [3.8, 4) is 0 Å². The minimum absolute atomic E-state index is 0.159. The highest BCUT2D eigenvalue weighted by Gasteiger charge is 2.12. The molecule has 19 heavy (non-hydrogen) atoms. The summed E-state index contributed by atoms with van der Waals surface area (Å²) in [4.78, 5) is 0. The molecule has 0 heterocycles. The summed E-state index contributed by atoms with van der Waals surface area (Å²) >= 11 is 6.90. The van der Waals surface area contributed by atoms with Gasteiger partial charge in [0.1, 0.15) is 5.82 Å². The molecule has 1 N–H and O–H groups in total. The molecule has 100 valence electrons. The van der Waals surface area contributed by atoms with Gasteiger partial charge in [0.05, 0.1) is 0 Å². The average Bonchev–Trinajstić information content (AvgIpc) is 2.41. The van der Waals surface area contributed by atoms with E-state index in [1.807, 2.05) is 19.2 Å². The molecule has 2 aromatic rings. The van der Waals surface area contributed by atoms with Crippen molar-refractivity contribution in [3.63, 3.8) is 0 Å². The van der Waals surface area contributed by atoms with E-state index in [9.17, 15) is 4.39 Å². The van der Waals surface area contributed by atoms with E-state index in [4.69, 9.17) is 0 Å². The monoisotopic (exact) mass is 385 g/mol. The zero-order valence-electron chi connectivity index (χ0n) is 10.5. The molecule has 2 aromatic carbocycles. The van der Waals surface area contributed by atoms with Crippen molar-refractivity contribution < 1.29 is 4.39 Å². The summed E-state index contributed by atoms with van der Waals surface area (Å²) in [5.41, 5.74) is 2.14. The van der Waals surface area contributed by atoms with Gasteiger partial charge in [0, 0.05) is 15.0 Å². The van der Waals surface area contributed by atoms with Crippen LogP contribution in [0.1, 0.15) is 17.2 Å². The van der Waals surface area contributed by atoms with Crippen LogP contribution in [0.4, 0.5) is 4.39 Å². The lowest BCUT2D eigenvalue weighted by atomic mass is 9.99. The number of benzene rings is 2. The van der Waals surface area contributed by atoms with Gasteiger partial charge in [-0.15, -0.1) is 0 Å². The van der Waals surface area contributed by atoms with Crippen LogP contribution in [-0.2, 0) is 6.42 Å². The van der Waals surface area contributed by atoms with Crippen LogP contribution in [-0.4, -0.2) is 7.05 Å². The molecule has 1 nitrogen and oxygen atoms in total. The van der Waals surface area contributed by atoms with E-state index in [1.54, 1.807) is 12.1 Å². The third kappa shape index (κ3) is 3.88. The lowest BCUT2D eigenvalue weighted by molar-refractivity contribution is 0.583. The summed E-state index contributed by atoms with van der Waals surface area (Å²) in [5, 5.41) is 3.27.